The van der Waals surface area contributed by atoms with E-state index >= 15 is 0 Å². The van der Waals surface area contributed by atoms with Gasteiger partial charge in [0.05, 0.1) is 19.3 Å². The number of rotatable bonds is 11. The number of nitrogens with one attached hydrogen (secondary N) is 1. The van der Waals surface area contributed by atoms with E-state index in [0.717, 1.165) is 30.1 Å². The molecule has 1 fully saturated rings. The summed E-state index contributed by atoms with van der Waals surface area (Å²) < 4.78 is 16.7. The number of benzene rings is 1. The third-order valence-corrected chi connectivity index (χ3v) is 5.37. The molecule has 3 rings (SSSR count). The highest BCUT2D eigenvalue weighted by Gasteiger charge is 2.16. The van der Waals surface area contributed by atoms with E-state index in [1.165, 1.54) is 19.3 Å². The van der Waals surface area contributed by atoms with Gasteiger partial charge in [-0.25, -0.2) is 0 Å². The summed E-state index contributed by atoms with van der Waals surface area (Å²) in [5, 5.41) is 17.8. The molecule has 7 heteroatoms. The Morgan fingerprint density at radius 1 is 1.13 bits per heavy atom. The number of β-amino-alcohol motifs (C(OH)–C–C–N with tert-alkyl or cyclic N) is 1. The van der Waals surface area contributed by atoms with Gasteiger partial charge in [-0.1, -0.05) is 31.5 Å². The number of piperidine rings is 1. The van der Waals surface area contributed by atoms with Gasteiger partial charge in [-0.2, -0.15) is 0 Å². The first kappa shape index (κ1) is 22.6. The quantitative estimate of drug-likeness (QED) is 0.580. The molecule has 0 spiro atoms. The lowest BCUT2D eigenvalue weighted by Crippen LogP contribution is -2.38. The highest BCUT2D eigenvalue weighted by atomic mass is 16.5. The van der Waals surface area contributed by atoms with Crippen molar-refractivity contribution in [2.24, 2.45) is 0 Å². The first-order chi connectivity index (χ1) is 14.5. The van der Waals surface area contributed by atoms with Gasteiger partial charge in [-0.15, -0.1) is 0 Å². The zero-order valence-corrected chi connectivity index (χ0v) is 18.4. The molecule has 2 N–H and O–H groups in total. The fourth-order valence-corrected chi connectivity index (χ4v) is 3.64. The normalized spacial score (nSPS) is 16.0. The van der Waals surface area contributed by atoms with Gasteiger partial charge in [0.1, 0.15) is 12.7 Å². The Balaban J connectivity index is 1.49. The number of ether oxygens (including phenoxy) is 2. The van der Waals surface area contributed by atoms with Crippen molar-refractivity contribution in [1.29, 1.82) is 0 Å². The maximum Gasteiger partial charge on any atom is 0.161 e. The van der Waals surface area contributed by atoms with Gasteiger partial charge in [0, 0.05) is 19.2 Å². The highest BCUT2D eigenvalue weighted by Crippen LogP contribution is 2.28. The molecule has 0 saturated carbocycles. The number of likely N-dealkylation sites (tertiary alicyclic amines) is 1. The van der Waals surface area contributed by atoms with Crippen LogP contribution < -0.4 is 14.8 Å². The second kappa shape index (κ2) is 11.3. The molecule has 2 heterocycles. The largest absolute Gasteiger partial charge is 0.493 e. The molecule has 1 aliphatic heterocycles. The number of aliphatic hydroxyl groups excluding tert-OH is 1. The Kier molecular flexibility index (Phi) is 8.54. The topological polar surface area (TPSA) is 80.0 Å². The molecule has 1 aromatic heterocycles. The van der Waals surface area contributed by atoms with Gasteiger partial charge in [-0.05, 0) is 49.5 Å². The number of methoxy groups -OCH3 is 1. The van der Waals surface area contributed by atoms with Crippen LogP contribution in [0.5, 0.6) is 11.5 Å². The molecule has 1 unspecified atom stereocenters. The number of hydrogen-bond donors (Lipinski definition) is 2. The van der Waals surface area contributed by atoms with Crippen LogP contribution in [0.3, 0.4) is 0 Å². The van der Waals surface area contributed by atoms with Gasteiger partial charge in [0.25, 0.3) is 0 Å². The van der Waals surface area contributed by atoms with E-state index in [2.05, 4.69) is 29.2 Å². The predicted octanol–water partition coefficient (Wildman–Crippen LogP) is 3.32. The molecule has 0 radical (unpaired) electrons. The van der Waals surface area contributed by atoms with Crippen molar-refractivity contribution in [3.63, 3.8) is 0 Å². The maximum atomic E-state index is 10.4. The van der Waals surface area contributed by atoms with Gasteiger partial charge in [0.2, 0.25) is 0 Å². The third kappa shape index (κ3) is 6.72. The molecule has 0 bridgehead atoms. The summed E-state index contributed by atoms with van der Waals surface area (Å²) in [4.78, 5) is 2.31. The summed E-state index contributed by atoms with van der Waals surface area (Å²) in [6.07, 6.45) is 3.19. The van der Waals surface area contributed by atoms with E-state index < -0.39 is 6.10 Å². The molecule has 7 nitrogen and oxygen atoms in total. The van der Waals surface area contributed by atoms with Gasteiger partial charge in [0.15, 0.2) is 17.3 Å². The first-order valence-corrected chi connectivity index (χ1v) is 10.9. The van der Waals surface area contributed by atoms with Gasteiger partial charge < -0.3 is 29.3 Å². The minimum atomic E-state index is -0.517. The standard InChI is InChI=1S/C23H35N3O4/c1-17(2)21-12-20(30-25-21)14-24-13-18-7-8-22(28-3)23(11-18)29-16-19(27)15-26-9-5-4-6-10-26/h7-8,11-12,17,19,24,27H,4-6,9-10,13-16H2,1-3H3. The van der Waals surface area contributed by atoms with Gasteiger partial charge in [-0.3, -0.25) is 0 Å². The van der Waals surface area contributed by atoms with Crippen molar-refractivity contribution in [2.45, 2.75) is 58.2 Å². The number of aromatic nitrogens is 1. The summed E-state index contributed by atoms with van der Waals surface area (Å²) in [5.41, 5.74) is 2.04. The summed E-state index contributed by atoms with van der Waals surface area (Å²) in [6, 6.07) is 7.85. The van der Waals surface area contributed by atoms with Gasteiger partial charge >= 0.3 is 0 Å². The minimum Gasteiger partial charge on any atom is -0.493 e. The van der Waals surface area contributed by atoms with E-state index in [1.54, 1.807) is 7.11 Å². The van der Waals surface area contributed by atoms with Crippen molar-refractivity contribution in [2.75, 3.05) is 33.4 Å². The Labute approximate surface area is 179 Å². The Morgan fingerprint density at radius 3 is 2.63 bits per heavy atom. The lowest BCUT2D eigenvalue weighted by Gasteiger charge is -2.28. The molecule has 1 saturated heterocycles. The number of nitrogens with zero attached hydrogens (tertiary/aromatic N) is 2. The second-order valence-electron chi connectivity index (χ2n) is 8.29. The van der Waals surface area contributed by atoms with E-state index in [0.29, 0.717) is 37.1 Å². The molecular weight excluding hydrogens is 382 g/mol. The molecule has 1 aromatic carbocycles. The Morgan fingerprint density at radius 2 is 1.93 bits per heavy atom. The van der Waals surface area contributed by atoms with Crippen molar-refractivity contribution in [3.8, 4) is 11.5 Å². The SMILES string of the molecule is COc1ccc(CNCc2cc(C(C)C)no2)cc1OCC(O)CN1CCCCC1. The van der Waals surface area contributed by atoms with Crippen LogP contribution in [0.1, 0.15) is 56.0 Å². The molecule has 1 atom stereocenters. The summed E-state index contributed by atoms with van der Waals surface area (Å²) in [5.74, 6) is 2.50. The Bertz CT molecular complexity index is 772. The monoisotopic (exact) mass is 417 g/mol. The molecule has 0 amide bonds. The fourth-order valence-electron chi connectivity index (χ4n) is 3.64. The van der Waals surface area contributed by atoms with Crippen LogP contribution in [-0.4, -0.2) is 54.6 Å². The Hall–Kier alpha value is -2.09. The third-order valence-electron chi connectivity index (χ3n) is 5.37. The lowest BCUT2D eigenvalue weighted by molar-refractivity contribution is 0.0608. The first-order valence-electron chi connectivity index (χ1n) is 10.9. The van der Waals surface area contributed by atoms with E-state index in [4.69, 9.17) is 14.0 Å². The number of aliphatic hydroxyl groups is 1. The highest BCUT2D eigenvalue weighted by molar-refractivity contribution is 5.43. The molecule has 166 valence electrons. The van der Waals surface area contributed by atoms with Crippen molar-refractivity contribution < 1.29 is 19.1 Å². The summed E-state index contributed by atoms with van der Waals surface area (Å²) >= 11 is 0. The molecule has 0 aliphatic carbocycles. The van der Waals surface area contributed by atoms with Crippen molar-refractivity contribution in [3.05, 3.63) is 41.3 Å². The summed E-state index contributed by atoms with van der Waals surface area (Å²) in [7, 11) is 1.63. The van der Waals surface area contributed by atoms with Crippen LogP contribution >= 0.6 is 0 Å². The molecule has 30 heavy (non-hydrogen) atoms. The van der Waals surface area contributed by atoms with Crippen LogP contribution in [0, 0.1) is 0 Å². The smallest absolute Gasteiger partial charge is 0.161 e. The minimum absolute atomic E-state index is 0.250. The number of hydrogen-bond acceptors (Lipinski definition) is 7. The van der Waals surface area contributed by atoms with Crippen LogP contribution in [0.15, 0.2) is 28.8 Å². The average molecular weight is 418 g/mol. The molecule has 2 aromatic rings. The van der Waals surface area contributed by atoms with E-state index in [-0.39, 0.29) is 6.61 Å². The second-order valence-corrected chi connectivity index (χ2v) is 8.29. The lowest BCUT2D eigenvalue weighted by atomic mass is 10.1. The van der Waals surface area contributed by atoms with Crippen LogP contribution in [0.25, 0.3) is 0 Å². The molecule has 1 aliphatic rings. The van der Waals surface area contributed by atoms with E-state index in [9.17, 15) is 5.11 Å². The van der Waals surface area contributed by atoms with Crippen molar-refractivity contribution >= 4 is 0 Å². The van der Waals surface area contributed by atoms with E-state index in [1.807, 2.05) is 24.3 Å². The fraction of sp³-hybridized carbons (Fsp3) is 0.609. The predicted molar refractivity (Wildman–Crippen MR) is 116 cm³/mol. The van der Waals surface area contributed by atoms with Crippen LogP contribution in [0.2, 0.25) is 0 Å². The van der Waals surface area contributed by atoms with Crippen LogP contribution in [0.4, 0.5) is 0 Å². The zero-order valence-electron chi connectivity index (χ0n) is 18.4. The van der Waals surface area contributed by atoms with Crippen LogP contribution in [-0.2, 0) is 13.1 Å². The average Bonchev–Trinajstić information content (AvgIpc) is 3.22. The maximum absolute atomic E-state index is 10.4. The summed E-state index contributed by atoms with van der Waals surface area (Å²) in [6.45, 7) is 8.48. The molecular formula is C23H35N3O4. The zero-order chi connectivity index (χ0) is 21.3. The van der Waals surface area contributed by atoms with Crippen molar-refractivity contribution in [1.82, 2.24) is 15.4 Å².